The molecule has 2 rings (SSSR count). The number of halogens is 3. The SMILES string of the molecule is CCCOc1ccc(C(O)c2cc(Cl)ccc2Cl)cc1Br. The van der Waals surface area contributed by atoms with E-state index in [2.05, 4.69) is 15.9 Å². The molecule has 0 aromatic heterocycles. The van der Waals surface area contributed by atoms with Crippen LogP contribution in [0.5, 0.6) is 5.75 Å². The first-order valence-electron chi connectivity index (χ1n) is 6.58. The van der Waals surface area contributed by atoms with Gasteiger partial charge < -0.3 is 9.84 Å². The van der Waals surface area contributed by atoms with Crippen molar-refractivity contribution in [3.8, 4) is 5.75 Å². The quantitative estimate of drug-likeness (QED) is 0.718. The Labute approximate surface area is 142 Å². The van der Waals surface area contributed by atoms with Crippen molar-refractivity contribution < 1.29 is 9.84 Å². The summed E-state index contributed by atoms with van der Waals surface area (Å²) in [7, 11) is 0. The molecule has 0 fully saturated rings. The van der Waals surface area contributed by atoms with Crippen LogP contribution in [0.2, 0.25) is 10.0 Å². The molecule has 1 unspecified atom stereocenters. The molecule has 2 aromatic carbocycles. The smallest absolute Gasteiger partial charge is 0.133 e. The highest BCUT2D eigenvalue weighted by atomic mass is 79.9. The Kier molecular flexibility index (Phi) is 5.94. The topological polar surface area (TPSA) is 29.5 Å². The van der Waals surface area contributed by atoms with E-state index in [9.17, 15) is 5.11 Å². The first kappa shape index (κ1) is 16.6. The third kappa shape index (κ3) is 4.13. The monoisotopic (exact) mass is 388 g/mol. The van der Waals surface area contributed by atoms with E-state index in [4.69, 9.17) is 27.9 Å². The molecule has 0 amide bonds. The second kappa shape index (κ2) is 7.50. The molecular weight excluding hydrogens is 375 g/mol. The Morgan fingerprint density at radius 3 is 2.62 bits per heavy atom. The molecule has 1 N–H and O–H groups in total. The fourth-order valence-corrected chi connectivity index (χ4v) is 2.83. The van der Waals surface area contributed by atoms with Gasteiger partial charge in [0, 0.05) is 15.6 Å². The van der Waals surface area contributed by atoms with Gasteiger partial charge in [0.1, 0.15) is 11.9 Å². The van der Waals surface area contributed by atoms with Crippen molar-refractivity contribution in [1.82, 2.24) is 0 Å². The van der Waals surface area contributed by atoms with E-state index < -0.39 is 6.10 Å². The Balaban J connectivity index is 2.29. The second-order valence-electron chi connectivity index (χ2n) is 4.61. The molecular formula is C16H15BrCl2O2. The van der Waals surface area contributed by atoms with Crippen LogP contribution in [0.25, 0.3) is 0 Å². The highest BCUT2D eigenvalue weighted by Gasteiger charge is 2.16. The molecule has 2 nitrogen and oxygen atoms in total. The van der Waals surface area contributed by atoms with Crippen LogP contribution >= 0.6 is 39.1 Å². The van der Waals surface area contributed by atoms with Crippen molar-refractivity contribution in [2.24, 2.45) is 0 Å². The zero-order valence-corrected chi connectivity index (χ0v) is 14.5. The lowest BCUT2D eigenvalue weighted by Gasteiger charge is -2.15. The number of rotatable bonds is 5. The van der Waals surface area contributed by atoms with Gasteiger partial charge >= 0.3 is 0 Å². The molecule has 112 valence electrons. The van der Waals surface area contributed by atoms with Gasteiger partial charge in [-0.2, -0.15) is 0 Å². The van der Waals surface area contributed by atoms with Crippen LogP contribution in [-0.4, -0.2) is 11.7 Å². The standard InChI is InChI=1S/C16H15BrCl2O2/c1-2-7-21-15-6-3-10(8-13(15)17)16(20)12-9-11(18)4-5-14(12)19/h3-6,8-9,16,20H,2,7H2,1H3. The molecule has 0 spiro atoms. The van der Waals surface area contributed by atoms with Crippen molar-refractivity contribution in [2.75, 3.05) is 6.61 Å². The van der Waals surface area contributed by atoms with Crippen LogP contribution in [0.1, 0.15) is 30.6 Å². The molecule has 1 atom stereocenters. The van der Waals surface area contributed by atoms with Crippen LogP contribution in [0.15, 0.2) is 40.9 Å². The van der Waals surface area contributed by atoms with E-state index in [-0.39, 0.29) is 0 Å². The summed E-state index contributed by atoms with van der Waals surface area (Å²) in [5.41, 5.74) is 1.30. The maximum absolute atomic E-state index is 10.5. The summed E-state index contributed by atoms with van der Waals surface area (Å²) in [5, 5.41) is 11.5. The number of hydrogen-bond acceptors (Lipinski definition) is 2. The van der Waals surface area contributed by atoms with Crippen molar-refractivity contribution in [3.63, 3.8) is 0 Å². The van der Waals surface area contributed by atoms with E-state index in [1.807, 2.05) is 25.1 Å². The van der Waals surface area contributed by atoms with Gasteiger partial charge in [-0.05, 0) is 58.2 Å². The fourth-order valence-electron chi connectivity index (χ4n) is 1.92. The molecule has 0 heterocycles. The summed E-state index contributed by atoms with van der Waals surface area (Å²) in [6, 6.07) is 10.5. The molecule has 2 aromatic rings. The zero-order chi connectivity index (χ0) is 15.4. The minimum atomic E-state index is -0.840. The molecule has 0 aliphatic heterocycles. The summed E-state index contributed by atoms with van der Waals surface area (Å²) >= 11 is 15.5. The number of benzene rings is 2. The third-order valence-electron chi connectivity index (χ3n) is 2.99. The van der Waals surface area contributed by atoms with E-state index >= 15 is 0 Å². The van der Waals surface area contributed by atoms with Crippen molar-refractivity contribution in [3.05, 3.63) is 62.0 Å². The minimum absolute atomic E-state index is 0.481. The third-order valence-corrected chi connectivity index (χ3v) is 4.19. The van der Waals surface area contributed by atoms with E-state index in [0.29, 0.717) is 22.2 Å². The summed E-state index contributed by atoms with van der Waals surface area (Å²) in [4.78, 5) is 0. The van der Waals surface area contributed by atoms with Crippen molar-refractivity contribution in [2.45, 2.75) is 19.4 Å². The molecule has 0 aliphatic rings. The molecule has 0 radical (unpaired) electrons. The van der Waals surface area contributed by atoms with Gasteiger partial charge in [0.15, 0.2) is 0 Å². The average molecular weight is 390 g/mol. The maximum atomic E-state index is 10.5. The van der Waals surface area contributed by atoms with Gasteiger partial charge in [0.2, 0.25) is 0 Å². The van der Waals surface area contributed by atoms with Gasteiger partial charge in [-0.1, -0.05) is 36.2 Å². The molecule has 0 saturated carbocycles. The summed E-state index contributed by atoms with van der Waals surface area (Å²) in [6.45, 7) is 2.70. The Bertz CT molecular complexity index is 632. The predicted octanol–water partition coefficient (Wildman–Crippen LogP) is 5.63. The van der Waals surface area contributed by atoms with Crippen molar-refractivity contribution >= 4 is 39.1 Å². The van der Waals surface area contributed by atoms with Gasteiger partial charge in [-0.15, -0.1) is 0 Å². The zero-order valence-electron chi connectivity index (χ0n) is 11.4. The predicted molar refractivity (Wildman–Crippen MR) is 90.5 cm³/mol. The lowest BCUT2D eigenvalue weighted by molar-refractivity contribution is 0.220. The van der Waals surface area contributed by atoms with Crippen LogP contribution in [-0.2, 0) is 0 Å². The first-order chi connectivity index (χ1) is 10.0. The van der Waals surface area contributed by atoms with Crippen LogP contribution in [0.4, 0.5) is 0 Å². The minimum Gasteiger partial charge on any atom is -0.492 e. The largest absolute Gasteiger partial charge is 0.492 e. The van der Waals surface area contributed by atoms with Gasteiger partial charge in [0.05, 0.1) is 11.1 Å². The molecule has 0 saturated heterocycles. The Hall–Kier alpha value is -0.740. The van der Waals surface area contributed by atoms with E-state index in [1.54, 1.807) is 18.2 Å². The van der Waals surface area contributed by atoms with E-state index in [0.717, 1.165) is 22.2 Å². The second-order valence-corrected chi connectivity index (χ2v) is 6.30. The molecule has 21 heavy (non-hydrogen) atoms. The van der Waals surface area contributed by atoms with E-state index in [1.165, 1.54) is 0 Å². The molecule has 0 aliphatic carbocycles. The number of hydrogen-bond donors (Lipinski definition) is 1. The van der Waals surface area contributed by atoms with Gasteiger partial charge in [-0.25, -0.2) is 0 Å². The van der Waals surface area contributed by atoms with Crippen LogP contribution in [0, 0.1) is 0 Å². The van der Waals surface area contributed by atoms with Gasteiger partial charge in [-0.3, -0.25) is 0 Å². The van der Waals surface area contributed by atoms with Crippen LogP contribution in [0.3, 0.4) is 0 Å². The lowest BCUT2D eigenvalue weighted by atomic mass is 10.0. The Morgan fingerprint density at radius 1 is 1.19 bits per heavy atom. The normalized spacial score (nSPS) is 12.2. The summed E-state index contributed by atoms with van der Waals surface area (Å²) in [5.74, 6) is 0.755. The summed E-state index contributed by atoms with van der Waals surface area (Å²) < 4.78 is 6.39. The lowest BCUT2D eigenvalue weighted by Crippen LogP contribution is -2.02. The highest BCUT2D eigenvalue weighted by Crippen LogP contribution is 2.34. The maximum Gasteiger partial charge on any atom is 0.133 e. The summed E-state index contributed by atoms with van der Waals surface area (Å²) in [6.07, 6.45) is 0.0994. The first-order valence-corrected chi connectivity index (χ1v) is 8.13. The number of ether oxygens (including phenoxy) is 1. The van der Waals surface area contributed by atoms with Crippen LogP contribution < -0.4 is 4.74 Å². The highest BCUT2D eigenvalue weighted by molar-refractivity contribution is 9.10. The van der Waals surface area contributed by atoms with Crippen molar-refractivity contribution in [1.29, 1.82) is 0 Å². The Morgan fingerprint density at radius 2 is 1.95 bits per heavy atom. The average Bonchev–Trinajstić information content (AvgIpc) is 2.47. The fraction of sp³-hybridized carbons (Fsp3) is 0.250. The number of aliphatic hydroxyl groups excluding tert-OH is 1. The molecule has 5 heteroatoms. The molecule has 0 bridgehead atoms. The number of aliphatic hydroxyl groups is 1. The van der Waals surface area contributed by atoms with Gasteiger partial charge in [0.25, 0.3) is 0 Å².